The molecule has 0 bridgehead atoms. The summed E-state index contributed by atoms with van der Waals surface area (Å²) in [6, 6.07) is 5.94. The Morgan fingerprint density at radius 2 is 2.00 bits per heavy atom. The summed E-state index contributed by atoms with van der Waals surface area (Å²) >= 11 is 1.00. The SMILES string of the molecule is O=C(NCc1ccc(S(=O)(=O)Cl)cc1)c1cnns1. The van der Waals surface area contributed by atoms with Crippen LogP contribution in [-0.4, -0.2) is 23.9 Å². The van der Waals surface area contributed by atoms with Gasteiger partial charge in [0.1, 0.15) is 4.88 Å². The van der Waals surface area contributed by atoms with Crippen LogP contribution in [0.25, 0.3) is 0 Å². The summed E-state index contributed by atoms with van der Waals surface area (Å²) in [5.74, 6) is -0.274. The van der Waals surface area contributed by atoms with E-state index in [4.69, 9.17) is 10.7 Å². The molecule has 0 saturated heterocycles. The number of halogens is 1. The molecule has 9 heteroatoms. The van der Waals surface area contributed by atoms with Crippen molar-refractivity contribution in [3.8, 4) is 0 Å². The molecular formula is C10H8ClN3O3S2. The number of rotatable bonds is 4. The summed E-state index contributed by atoms with van der Waals surface area (Å²) in [5, 5.41) is 6.23. The molecule has 0 radical (unpaired) electrons. The monoisotopic (exact) mass is 317 g/mol. The van der Waals surface area contributed by atoms with Gasteiger partial charge in [0.25, 0.3) is 15.0 Å². The quantitative estimate of drug-likeness (QED) is 0.861. The fourth-order valence-electron chi connectivity index (χ4n) is 1.31. The number of hydrogen-bond donors (Lipinski definition) is 1. The number of nitrogens with one attached hydrogen (secondary N) is 1. The van der Waals surface area contributed by atoms with E-state index in [9.17, 15) is 13.2 Å². The van der Waals surface area contributed by atoms with E-state index < -0.39 is 9.05 Å². The molecule has 6 nitrogen and oxygen atoms in total. The minimum Gasteiger partial charge on any atom is -0.347 e. The maximum absolute atomic E-state index is 11.6. The van der Waals surface area contributed by atoms with Crippen molar-refractivity contribution in [2.75, 3.05) is 0 Å². The second-order valence-corrected chi connectivity index (χ2v) is 6.90. The van der Waals surface area contributed by atoms with E-state index in [0.29, 0.717) is 4.88 Å². The molecule has 2 aromatic rings. The minimum absolute atomic E-state index is 0.0240. The first-order chi connectivity index (χ1) is 8.97. The molecule has 1 aromatic carbocycles. The van der Waals surface area contributed by atoms with Gasteiger partial charge in [-0.1, -0.05) is 16.6 Å². The molecule has 1 amide bonds. The van der Waals surface area contributed by atoms with Gasteiger partial charge in [-0.25, -0.2) is 8.42 Å². The predicted octanol–water partition coefficient (Wildman–Crippen LogP) is 1.40. The maximum Gasteiger partial charge on any atom is 0.264 e. The zero-order valence-corrected chi connectivity index (χ0v) is 11.8. The Labute approximate surface area is 118 Å². The average molecular weight is 318 g/mol. The van der Waals surface area contributed by atoms with Crippen LogP contribution in [0.3, 0.4) is 0 Å². The number of benzene rings is 1. The Balaban J connectivity index is 1.99. The third-order valence-electron chi connectivity index (χ3n) is 2.24. The Bertz CT molecular complexity index is 669. The Morgan fingerprint density at radius 1 is 1.32 bits per heavy atom. The van der Waals surface area contributed by atoms with Gasteiger partial charge in [0.2, 0.25) is 0 Å². The van der Waals surface area contributed by atoms with Crippen LogP contribution in [0.2, 0.25) is 0 Å². The number of carbonyl (C=O) groups excluding carboxylic acids is 1. The first-order valence-corrected chi connectivity index (χ1v) is 8.14. The lowest BCUT2D eigenvalue weighted by molar-refractivity contribution is 0.0954. The largest absolute Gasteiger partial charge is 0.347 e. The number of amides is 1. The van der Waals surface area contributed by atoms with Crippen molar-refractivity contribution in [3.63, 3.8) is 0 Å². The van der Waals surface area contributed by atoms with Crippen LogP contribution >= 0.6 is 22.2 Å². The van der Waals surface area contributed by atoms with Gasteiger partial charge in [-0.05, 0) is 29.2 Å². The Morgan fingerprint density at radius 3 is 2.53 bits per heavy atom. The highest BCUT2D eigenvalue weighted by molar-refractivity contribution is 8.13. The van der Waals surface area contributed by atoms with Crippen molar-refractivity contribution >= 4 is 37.2 Å². The molecule has 19 heavy (non-hydrogen) atoms. The van der Waals surface area contributed by atoms with E-state index >= 15 is 0 Å². The first kappa shape index (κ1) is 13.9. The zero-order chi connectivity index (χ0) is 13.9. The summed E-state index contributed by atoms with van der Waals surface area (Å²) in [5.41, 5.74) is 0.759. The molecule has 0 saturated carbocycles. The van der Waals surface area contributed by atoms with Crippen molar-refractivity contribution in [2.24, 2.45) is 0 Å². The van der Waals surface area contributed by atoms with Gasteiger partial charge in [-0.3, -0.25) is 4.79 Å². The lowest BCUT2D eigenvalue weighted by Gasteiger charge is -2.04. The molecule has 1 heterocycles. The Hall–Kier alpha value is -1.51. The molecule has 0 atom stereocenters. The van der Waals surface area contributed by atoms with Gasteiger partial charge in [-0.2, -0.15) is 0 Å². The Kier molecular flexibility index (Phi) is 4.13. The van der Waals surface area contributed by atoms with Gasteiger partial charge < -0.3 is 5.32 Å². The van der Waals surface area contributed by atoms with E-state index in [0.717, 1.165) is 17.1 Å². The van der Waals surface area contributed by atoms with Gasteiger partial charge in [0.05, 0.1) is 11.1 Å². The van der Waals surface area contributed by atoms with Crippen LogP contribution in [0.15, 0.2) is 35.4 Å². The van der Waals surface area contributed by atoms with Crippen molar-refractivity contribution in [1.29, 1.82) is 0 Å². The number of hydrogen-bond acceptors (Lipinski definition) is 6. The van der Waals surface area contributed by atoms with Crippen LogP contribution in [0.1, 0.15) is 15.2 Å². The molecule has 0 aliphatic heterocycles. The molecule has 100 valence electrons. The van der Waals surface area contributed by atoms with Crippen LogP contribution in [0.5, 0.6) is 0 Å². The van der Waals surface area contributed by atoms with E-state index in [1.807, 2.05) is 0 Å². The molecular weight excluding hydrogens is 310 g/mol. The van der Waals surface area contributed by atoms with E-state index in [1.54, 1.807) is 12.1 Å². The van der Waals surface area contributed by atoms with Gasteiger partial charge >= 0.3 is 0 Å². The predicted molar refractivity (Wildman–Crippen MR) is 70.6 cm³/mol. The summed E-state index contributed by atoms with van der Waals surface area (Å²) in [6.45, 7) is 0.277. The van der Waals surface area contributed by atoms with Crippen LogP contribution < -0.4 is 5.32 Å². The second kappa shape index (κ2) is 5.64. The smallest absolute Gasteiger partial charge is 0.264 e. The highest BCUT2D eigenvalue weighted by atomic mass is 35.7. The fraction of sp³-hybridized carbons (Fsp3) is 0.100. The molecule has 0 spiro atoms. The number of carbonyl (C=O) groups is 1. The summed E-state index contributed by atoms with van der Waals surface area (Å²) < 4.78 is 25.7. The normalized spacial score (nSPS) is 11.2. The maximum atomic E-state index is 11.6. The average Bonchev–Trinajstić information content (AvgIpc) is 2.89. The first-order valence-electron chi connectivity index (χ1n) is 5.06. The minimum atomic E-state index is -3.72. The van der Waals surface area contributed by atoms with E-state index in [2.05, 4.69) is 14.9 Å². The molecule has 1 N–H and O–H groups in total. The second-order valence-electron chi connectivity index (χ2n) is 3.55. The van der Waals surface area contributed by atoms with Crippen molar-refractivity contribution in [1.82, 2.24) is 14.9 Å². The highest BCUT2D eigenvalue weighted by Crippen LogP contribution is 2.15. The van der Waals surface area contributed by atoms with Crippen LogP contribution in [0.4, 0.5) is 0 Å². The van der Waals surface area contributed by atoms with Gasteiger partial charge in [0, 0.05) is 17.2 Å². The molecule has 0 unspecified atom stereocenters. The van der Waals surface area contributed by atoms with Crippen molar-refractivity contribution in [3.05, 3.63) is 40.9 Å². The number of aromatic nitrogens is 2. The standard InChI is InChI=1S/C10H8ClN3O3S2/c11-19(16,17)8-3-1-7(2-4-8)5-12-10(15)9-6-13-14-18-9/h1-4,6H,5H2,(H,12,15). The molecule has 1 aromatic heterocycles. The van der Waals surface area contributed by atoms with E-state index in [1.165, 1.54) is 18.3 Å². The fourth-order valence-corrected chi connectivity index (χ4v) is 2.51. The van der Waals surface area contributed by atoms with Crippen LogP contribution in [0, 0.1) is 0 Å². The summed E-state index contributed by atoms with van der Waals surface area (Å²) in [7, 11) is 1.48. The summed E-state index contributed by atoms with van der Waals surface area (Å²) in [6.07, 6.45) is 1.38. The van der Waals surface area contributed by atoms with Crippen molar-refractivity contribution in [2.45, 2.75) is 11.4 Å². The molecule has 0 aliphatic rings. The molecule has 2 rings (SSSR count). The molecule has 0 aliphatic carbocycles. The highest BCUT2D eigenvalue weighted by Gasteiger charge is 2.10. The lowest BCUT2D eigenvalue weighted by Crippen LogP contribution is -2.21. The lowest BCUT2D eigenvalue weighted by atomic mass is 10.2. The summed E-state index contributed by atoms with van der Waals surface area (Å²) in [4.78, 5) is 12.0. The topological polar surface area (TPSA) is 89.0 Å². The van der Waals surface area contributed by atoms with E-state index in [-0.39, 0.29) is 17.3 Å². The number of nitrogens with zero attached hydrogens (tertiary/aromatic N) is 2. The van der Waals surface area contributed by atoms with Gasteiger partial charge in [0.15, 0.2) is 0 Å². The zero-order valence-electron chi connectivity index (χ0n) is 9.41. The molecule has 0 fully saturated rings. The van der Waals surface area contributed by atoms with Gasteiger partial charge in [-0.15, -0.1) is 5.10 Å². The third kappa shape index (κ3) is 3.72. The van der Waals surface area contributed by atoms with Crippen molar-refractivity contribution < 1.29 is 13.2 Å². The van der Waals surface area contributed by atoms with Crippen LogP contribution in [-0.2, 0) is 15.6 Å². The third-order valence-corrected chi connectivity index (χ3v) is 4.28.